The number of aryl methyl sites for hydroxylation is 2. The van der Waals surface area contributed by atoms with E-state index >= 15 is 0 Å². The van der Waals surface area contributed by atoms with Crippen LogP contribution in [0.15, 0.2) is 17.2 Å². The SMILES string of the molecule is COc1ncnc2c1nc(CCl)n2CCc1cscn1. The van der Waals surface area contributed by atoms with E-state index in [2.05, 4.69) is 19.9 Å². The Morgan fingerprint density at radius 2 is 2.25 bits per heavy atom. The van der Waals surface area contributed by atoms with Crippen molar-refractivity contribution in [1.82, 2.24) is 24.5 Å². The van der Waals surface area contributed by atoms with E-state index in [0.717, 1.165) is 30.1 Å². The Morgan fingerprint density at radius 3 is 2.95 bits per heavy atom. The fourth-order valence-corrected chi connectivity index (χ4v) is 2.83. The third kappa shape index (κ3) is 2.34. The van der Waals surface area contributed by atoms with Crippen molar-refractivity contribution in [2.24, 2.45) is 0 Å². The number of hydrogen-bond donors (Lipinski definition) is 0. The molecule has 3 aromatic rings. The van der Waals surface area contributed by atoms with Crippen LogP contribution in [-0.4, -0.2) is 31.6 Å². The quantitative estimate of drug-likeness (QED) is 0.676. The van der Waals surface area contributed by atoms with Crippen LogP contribution in [0.4, 0.5) is 0 Å². The van der Waals surface area contributed by atoms with E-state index in [0.29, 0.717) is 17.3 Å². The number of hydrogen-bond acceptors (Lipinski definition) is 6. The number of thiazole rings is 1. The minimum Gasteiger partial charge on any atom is -0.479 e. The zero-order valence-electron chi connectivity index (χ0n) is 10.8. The van der Waals surface area contributed by atoms with Gasteiger partial charge in [-0.3, -0.25) is 0 Å². The summed E-state index contributed by atoms with van der Waals surface area (Å²) in [6.45, 7) is 0.725. The highest BCUT2D eigenvalue weighted by molar-refractivity contribution is 7.07. The van der Waals surface area contributed by atoms with Gasteiger partial charge in [0.1, 0.15) is 12.2 Å². The molecule has 0 N–H and O–H groups in total. The average molecular weight is 310 g/mol. The molecular weight excluding hydrogens is 298 g/mol. The molecule has 0 aromatic carbocycles. The van der Waals surface area contributed by atoms with Crippen LogP contribution < -0.4 is 4.74 Å². The van der Waals surface area contributed by atoms with Crippen molar-refractivity contribution in [2.45, 2.75) is 18.8 Å². The summed E-state index contributed by atoms with van der Waals surface area (Å²) in [6.07, 6.45) is 2.28. The molecular formula is C12H12ClN5OS. The molecule has 3 rings (SSSR count). The fraction of sp³-hybridized carbons (Fsp3) is 0.333. The van der Waals surface area contributed by atoms with Crippen LogP contribution in [-0.2, 0) is 18.8 Å². The first-order valence-electron chi connectivity index (χ1n) is 6.00. The van der Waals surface area contributed by atoms with Crippen LogP contribution in [0.1, 0.15) is 11.5 Å². The highest BCUT2D eigenvalue weighted by Gasteiger charge is 2.15. The number of imidazole rings is 1. The third-order valence-electron chi connectivity index (χ3n) is 2.97. The maximum atomic E-state index is 5.97. The van der Waals surface area contributed by atoms with Gasteiger partial charge in [-0.25, -0.2) is 15.0 Å². The summed E-state index contributed by atoms with van der Waals surface area (Å²) in [5.41, 5.74) is 4.26. The molecule has 0 aliphatic rings. The Balaban J connectivity index is 1.99. The monoisotopic (exact) mass is 309 g/mol. The van der Waals surface area contributed by atoms with Gasteiger partial charge in [0, 0.05) is 18.3 Å². The van der Waals surface area contributed by atoms with Crippen LogP contribution in [0.25, 0.3) is 11.2 Å². The molecule has 104 valence electrons. The van der Waals surface area contributed by atoms with Gasteiger partial charge in [-0.2, -0.15) is 4.98 Å². The van der Waals surface area contributed by atoms with Crippen LogP contribution in [0.2, 0.25) is 0 Å². The van der Waals surface area contributed by atoms with Crippen LogP contribution in [0.5, 0.6) is 5.88 Å². The molecule has 0 amide bonds. The minimum atomic E-state index is 0.316. The Kier molecular flexibility index (Phi) is 3.79. The first-order chi connectivity index (χ1) is 9.83. The maximum absolute atomic E-state index is 5.97. The van der Waals surface area contributed by atoms with Gasteiger partial charge < -0.3 is 9.30 Å². The third-order valence-corrected chi connectivity index (χ3v) is 3.84. The van der Waals surface area contributed by atoms with Crippen molar-refractivity contribution in [1.29, 1.82) is 0 Å². The molecule has 20 heavy (non-hydrogen) atoms. The predicted molar refractivity (Wildman–Crippen MR) is 77.3 cm³/mol. The molecule has 0 saturated heterocycles. The highest BCUT2D eigenvalue weighted by Crippen LogP contribution is 2.22. The number of rotatable bonds is 5. The molecule has 0 bridgehead atoms. The second kappa shape index (κ2) is 5.72. The Labute approximate surface area is 124 Å². The van der Waals surface area contributed by atoms with Crippen molar-refractivity contribution in [3.63, 3.8) is 0 Å². The van der Waals surface area contributed by atoms with E-state index in [1.165, 1.54) is 6.33 Å². The molecule has 0 saturated carbocycles. The lowest BCUT2D eigenvalue weighted by Gasteiger charge is -2.05. The van der Waals surface area contributed by atoms with Crippen LogP contribution in [0.3, 0.4) is 0 Å². The lowest BCUT2D eigenvalue weighted by atomic mass is 10.3. The number of fused-ring (bicyclic) bond motifs is 1. The second-order valence-electron chi connectivity index (χ2n) is 4.10. The summed E-state index contributed by atoms with van der Waals surface area (Å²) in [5, 5.41) is 2.04. The van der Waals surface area contributed by atoms with Crippen LogP contribution >= 0.6 is 22.9 Å². The van der Waals surface area contributed by atoms with Gasteiger partial charge >= 0.3 is 0 Å². The maximum Gasteiger partial charge on any atom is 0.245 e. The number of aromatic nitrogens is 5. The van der Waals surface area contributed by atoms with Gasteiger partial charge in [0.2, 0.25) is 5.88 Å². The Bertz CT molecular complexity index is 712. The number of methoxy groups -OCH3 is 1. The standard InChI is InChI=1S/C12H12ClN5OS/c1-19-12-10-11(14-6-15-12)18(9(4-13)17-10)3-2-8-5-20-7-16-8/h5-7H,2-4H2,1H3. The molecule has 0 aliphatic heterocycles. The molecule has 3 heterocycles. The Morgan fingerprint density at radius 1 is 1.35 bits per heavy atom. The van der Waals surface area contributed by atoms with Gasteiger partial charge in [0.15, 0.2) is 11.2 Å². The van der Waals surface area contributed by atoms with E-state index < -0.39 is 0 Å². The summed E-state index contributed by atoms with van der Waals surface area (Å²) in [6, 6.07) is 0. The van der Waals surface area contributed by atoms with E-state index in [9.17, 15) is 0 Å². The molecule has 0 spiro atoms. The van der Waals surface area contributed by atoms with Crippen LogP contribution in [0, 0.1) is 0 Å². The van der Waals surface area contributed by atoms with Crippen molar-refractivity contribution in [3.8, 4) is 5.88 Å². The summed E-state index contributed by atoms with van der Waals surface area (Å²) >= 11 is 7.56. The van der Waals surface area contributed by atoms with Crippen molar-refractivity contribution >= 4 is 34.1 Å². The zero-order chi connectivity index (χ0) is 13.9. The largest absolute Gasteiger partial charge is 0.479 e. The number of ether oxygens (including phenoxy) is 1. The van der Waals surface area contributed by atoms with E-state index in [-0.39, 0.29) is 0 Å². The summed E-state index contributed by atoms with van der Waals surface area (Å²) in [4.78, 5) is 17.1. The van der Waals surface area contributed by atoms with Gasteiger partial charge in [-0.15, -0.1) is 22.9 Å². The number of halogens is 1. The number of alkyl halides is 1. The topological polar surface area (TPSA) is 65.7 Å². The molecule has 6 nitrogen and oxygen atoms in total. The van der Waals surface area contributed by atoms with Crippen molar-refractivity contribution in [3.05, 3.63) is 28.7 Å². The predicted octanol–water partition coefficient (Wildman–Crippen LogP) is 2.27. The average Bonchev–Trinajstić information content (AvgIpc) is 3.11. The molecule has 0 radical (unpaired) electrons. The van der Waals surface area contributed by atoms with Crippen molar-refractivity contribution < 1.29 is 4.74 Å². The molecule has 0 atom stereocenters. The van der Waals surface area contributed by atoms with Gasteiger partial charge in [0.05, 0.1) is 24.2 Å². The molecule has 0 unspecified atom stereocenters. The molecule has 3 aromatic heterocycles. The molecule has 8 heteroatoms. The van der Waals surface area contributed by atoms with Crippen molar-refractivity contribution in [2.75, 3.05) is 7.11 Å². The normalized spacial score (nSPS) is 11.1. The Hall–Kier alpha value is -1.73. The summed E-state index contributed by atoms with van der Waals surface area (Å²) in [7, 11) is 1.57. The summed E-state index contributed by atoms with van der Waals surface area (Å²) in [5.74, 6) is 1.54. The van der Waals surface area contributed by atoms with Gasteiger partial charge in [-0.1, -0.05) is 0 Å². The lowest BCUT2D eigenvalue weighted by molar-refractivity contribution is 0.401. The molecule has 0 fully saturated rings. The smallest absolute Gasteiger partial charge is 0.245 e. The first kappa shape index (κ1) is 13.3. The first-order valence-corrected chi connectivity index (χ1v) is 7.48. The highest BCUT2D eigenvalue weighted by atomic mass is 35.5. The molecule has 0 aliphatic carbocycles. The van der Waals surface area contributed by atoms with Gasteiger partial charge in [-0.05, 0) is 0 Å². The van der Waals surface area contributed by atoms with E-state index in [1.54, 1.807) is 18.4 Å². The zero-order valence-corrected chi connectivity index (χ0v) is 12.4. The lowest BCUT2D eigenvalue weighted by Crippen LogP contribution is -2.06. The van der Waals surface area contributed by atoms with Gasteiger partial charge in [0.25, 0.3) is 0 Å². The summed E-state index contributed by atoms with van der Waals surface area (Å²) < 4.78 is 7.20. The van der Waals surface area contributed by atoms with E-state index in [1.807, 2.05) is 15.5 Å². The second-order valence-corrected chi connectivity index (χ2v) is 5.08. The van der Waals surface area contributed by atoms with E-state index in [4.69, 9.17) is 16.3 Å². The minimum absolute atomic E-state index is 0.316. The number of nitrogens with zero attached hydrogens (tertiary/aromatic N) is 5. The fourth-order valence-electron chi connectivity index (χ4n) is 2.03.